The summed E-state index contributed by atoms with van der Waals surface area (Å²) >= 11 is 0. The Balaban J connectivity index is 1.38. The van der Waals surface area contributed by atoms with Gasteiger partial charge in [0.05, 0.1) is 0 Å². The van der Waals surface area contributed by atoms with E-state index in [0.29, 0.717) is 30.6 Å². The summed E-state index contributed by atoms with van der Waals surface area (Å²) in [5, 5.41) is 3.35. The number of carbonyl (C=O) groups is 3. The summed E-state index contributed by atoms with van der Waals surface area (Å²) in [5.41, 5.74) is 0. The van der Waals surface area contributed by atoms with Gasteiger partial charge in [0.2, 0.25) is 0 Å². The van der Waals surface area contributed by atoms with Crippen LogP contribution in [0.1, 0.15) is 44.9 Å². The third-order valence-electron chi connectivity index (χ3n) is 5.60. The Labute approximate surface area is 137 Å². The molecule has 3 rings (SSSR count). The van der Waals surface area contributed by atoms with Gasteiger partial charge in [0, 0.05) is 31.0 Å². The molecule has 1 saturated heterocycles. The van der Waals surface area contributed by atoms with Gasteiger partial charge in [-0.15, -0.1) is 0 Å². The molecule has 1 N–H and O–H groups in total. The molecule has 0 spiro atoms. The van der Waals surface area contributed by atoms with Crippen LogP contribution in [0.2, 0.25) is 0 Å². The van der Waals surface area contributed by atoms with E-state index in [2.05, 4.69) is 5.32 Å². The number of nitrogens with one attached hydrogen (secondary N) is 1. The fourth-order valence-electron chi connectivity index (χ4n) is 4.05. The first-order valence-corrected chi connectivity index (χ1v) is 8.90. The maximum Gasteiger partial charge on any atom is 0.253 e. The van der Waals surface area contributed by atoms with E-state index >= 15 is 0 Å². The Hall–Kier alpha value is -1.49. The van der Waals surface area contributed by atoms with Crippen molar-refractivity contribution >= 4 is 17.6 Å². The minimum atomic E-state index is -0.196. The summed E-state index contributed by atoms with van der Waals surface area (Å²) in [7, 11) is 0. The largest absolute Gasteiger partial charge is 0.316 e. The van der Waals surface area contributed by atoms with E-state index in [1.165, 1.54) is 23.5 Å². The molecule has 0 aromatic carbocycles. The molecule has 1 atom stereocenters. The highest BCUT2D eigenvalue weighted by Crippen LogP contribution is 2.32. The van der Waals surface area contributed by atoms with Gasteiger partial charge in [-0.3, -0.25) is 19.3 Å². The van der Waals surface area contributed by atoms with Crippen molar-refractivity contribution in [2.24, 2.45) is 17.8 Å². The van der Waals surface area contributed by atoms with E-state index in [-0.39, 0.29) is 17.7 Å². The normalized spacial score (nSPS) is 31.1. The van der Waals surface area contributed by atoms with Gasteiger partial charge in [0.25, 0.3) is 11.8 Å². The molecular weight excluding hydrogens is 292 g/mol. The second-order valence-electron chi connectivity index (χ2n) is 7.20. The summed E-state index contributed by atoms with van der Waals surface area (Å²) in [6.07, 6.45) is 9.34. The van der Waals surface area contributed by atoms with Gasteiger partial charge in [-0.05, 0) is 63.5 Å². The van der Waals surface area contributed by atoms with Crippen LogP contribution >= 0.6 is 0 Å². The van der Waals surface area contributed by atoms with Crippen LogP contribution < -0.4 is 5.32 Å². The predicted molar refractivity (Wildman–Crippen MR) is 86.5 cm³/mol. The number of carbonyl (C=O) groups excluding carboxylic acids is 3. The van der Waals surface area contributed by atoms with Crippen molar-refractivity contribution in [3.05, 3.63) is 12.2 Å². The molecule has 5 nitrogen and oxygen atoms in total. The molecule has 2 fully saturated rings. The van der Waals surface area contributed by atoms with Crippen molar-refractivity contribution < 1.29 is 14.4 Å². The first-order valence-electron chi connectivity index (χ1n) is 8.90. The summed E-state index contributed by atoms with van der Waals surface area (Å²) in [6.45, 7) is 2.66. The lowest BCUT2D eigenvalue weighted by Crippen LogP contribution is -2.36. The number of nitrogens with zero attached hydrogens (tertiary/aromatic N) is 1. The van der Waals surface area contributed by atoms with Crippen molar-refractivity contribution in [3.63, 3.8) is 0 Å². The Bertz CT molecular complexity index is 482. The standard InChI is InChI=1S/C18H26N2O3/c21-16(6-3-13-9-10-19-11-13)15-4-1-14(2-5-15)12-20-17(22)7-8-18(20)23/h7-8,13-15,19H,1-6,9-12H2/t13-,14?,15?/m1/s1. The second kappa shape index (κ2) is 7.39. The average Bonchev–Trinajstić information content (AvgIpc) is 3.18. The van der Waals surface area contributed by atoms with E-state index in [4.69, 9.17) is 0 Å². The monoisotopic (exact) mass is 318 g/mol. The van der Waals surface area contributed by atoms with Gasteiger partial charge in [-0.1, -0.05) is 0 Å². The molecule has 0 unspecified atom stereocenters. The molecule has 0 aromatic rings. The van der Waals surface area contributed by atoms with Gasteiger partial charge < -0.3 is 5.32 Å². The summed E-state index contributed by atoms with van der Waals surface area (Å²) < 4.78 is 0. The SMILES string of the molecule is O=C(CC[C@@H]1CCNC1)C1CCC(CN2C(=O)C=CC2=O)CC1. The second-order valence-corrected chi connectivity index (χ2v) is 7.20. The Morgan fingerprint density at radius 2 is 1.74 bits per heavy atom. The lowest BCUT2D eigenvalue weighted by molar-refractivity contribution is -0.138. The Morgan fingerprint density at radius 1 is 1.04 bits per heavy atom. The molecule has 3 aliphatic rings. The molecule has 0 radical (unpaired) electrons. The van der Waals surface area contributed by atoms with Crippen LogP contribution in [-0.2, 0) is 14.4 Å². The van der Waals surface area contributed by atoms with E-state index in [1.54, 1.807) is 0 Å². The van der Waals surface area contributed by atoms with Crippen molar-refractivity contribution in [3.8, 4) is 0 Å². The van der Waals surface area contributed by atoms with Crippen LogP contribution in [0.25, 0.3) is 0 Å². The maximum absolute atomic E-state index is 12.4. The number of amides is 2. The third kappa shape index (κ3) is 4.08. The molecule has 0 aromatic heterocycles. The van der Waals surface area contributed by atoms with E-state index in [9.17, 15) is 14.4 Å². The van der Waals surface area contributed by atoms with Gasteiger partial charge in [0.15, 0.2) is 0 Å². The minimum absolute atomic E-state index is 0.196. The molecule has 2 amide bonds. The van der Waals surface area contributed by atoms with Gasteiger partial charge >= 0.3 is 0 Å². The highest BCUT2D eigenvalue weighted by molar-refractivity contribution is 6.12. The molecule has 23 heavy (non-hydrogen) atoms. The zero-order valence-corrected chi connectivity index (χ0v) is 13.6. The number of hydrogen-bond donors (Lipinski definition) is 1. The van der Waals surface area contributed by atoms with E-state index < -0.39 is 0 Å². The molecule has 1 aliphatic carbocycles. The lowest BCUT2D eigenvalue weighted by atomic mass is 9.78. The van der Waals surface area contributed by atoms with Gasteiger partial charge in [-0.2, -0.15) is 0 Å². The van der Waals surface area contributed by atoms with Gasteiger partial charge in [-0.25, -0.2) is 0 Å². The fraction of sp³-hybridized carbons (Fsp3) is 0.722. The number of Topliss-reactive ketones (excluding diaryl/α,β-unsaturated/α-hetero) is 1. The number of imide groups is 1. The molecule has 5 heteroatoms. The van der Waals surface area contributed by atoms with Crippen LogP contribution in [0, 0.1) is 17.8 Å². The van der Waals surface area contributed by atoms with Gasteiger partial charge in [0.1, 0.15) is 5.78 Å². The molecular formula is C18H26N2O3. The zero-order chi connectivity index (χ0) is 16.2. The predicted octanol–water partition coefficient (Wildman–Crippen LogP) is 1.68. The number of rotatable bonds is 6. The zero-order valence-electron chi connectivity index (χ0n) is 13.6. The van der Waals surface area contributed by atoms with E-state index in [0.717, 1.165) is 45.2 Å². The lowest BCUT2D eigenvalue weighted by Gasteiger charge is -2.30. The van der Waals surface area contributed by atoms with Crippen molar-refractivity contribution in [1.82, 2.24) is 10.2 Å². The molecule has 2 heterocycles. The van der Waals surface area contributed by atoms with E-state index in [1.807, 2.05) is 0 Å². The van der Waals surface area contributed by atoms with Crippen LogP contribution in [0.5, 0.6) is 0 Å². The highest BCUT2D eigenvalue weighted by Gasteiger charge is 2.31. The quantitative estimate of drug-likeness (QED) is 0.757. The van der Waals surface area contributed by atoms with Crippen LogP contribution in [0.3, 0.4) is 0 Å². The molecule has 0 bridgehead atoms. The Kier molecular flexibility index (Phi) is 5.26. The smallest absolute Gasteiger partial charge is 0.253 e. The van der Waals surface area contributed by atoms with Crippen molar-refractivity contribution in [2.75, 3.05) is 19.6 Å². The molecule has 2 aliphatic heterocycles. The maximum atomic E-state index is 12.4. The summed E-state index contributed by atoms with van der Waals surface area (Å²) in [5.74, 6) is 1.26. The van der Waals surface area contributed by atoms with Crippen molar-refractivity contribution in [2.45, 2.75) is 44.9 Å². The highest BCUT2D eigenvalue weighted by atomic mass is 16.2. The third-order valence-corrected chi connectivity index (χ3v) is 5.60. The Morgan fingerprint density at radius 3 is 2.35 bits per heavy atom. The minimum Gasteiger partial charge on any atom is -0.316 e. The van der Waals surface area contributed by atoms with Crippen LogP contribution in [0.4, 0.5) is 0 Å². The summed E-state index contributed by atoms with van der Waals surface area (Å²) in [6, 6.07) is 0. The molecule has 126 valence electrons. The first kappa shape index (κ1) is 16.4. The average molecular weight is 318 g/mol. The molecule has 1 saturated carbocycles. The van der Waals surface area contributed by atoms with Crippen molar-refractivity contribution in [1.29, 1.82) is 0 Å². The number of ketones is 1. The van der Waals surface area contributed by atoms with Crippen LogP contribution in [-0.4, -0.2) is 42.1 Å². The van der Waals surface area contributed by atoms with Crippen LogP contribution in [0.15, 0.2) is 12.2 Å². The number of hydrogen-bond acceptors (Lipinski definition) is 4. The topological polar surface area (TPSA) is 66.5 Å². The fourth-order valence-corrected chi connectivity index (χ4v) is 4.05. The summed E-state index contributed by atoms with van der Waals surface area (Å²) in [4.78, 5) is 36.9. The first-order chi connectivity index (χ1) is 11.1.